The van der Waals surface area contributed by atoms with Gasteiger partial charge in [0.05, 0.1) is 0 Å². The highest BCUT2D eigenvalue weighted by Crippen LogP contribution is 2.66. The second kappa shape index (κ2) is 9.23. The summed E-state index contributed by atoms with van der Waals surface area (Å²) in [5, 5.41) is 0. The van der Waals surface area contributed by atoms with Crippen LogP contribution in [-0.4, -0.2) is 17.0 Å². The maximum atomic E-state index is 3.09. The van der Waals surface area contributed by atoms with E-state index in [0.717, 1.165) is 29.7 Å². The molecule has 2 aromatic rings. The van der Waals surface area contributed by atoms with Gasteiger partial charge in [0.25, 0.3) is 0 Å². The number of hydrogen-bond acceptors (Lipinski definition) is 3. The molecule has 42 heavy (non-hydrogen) atoms. The Kier molecular flexibility index (Phi) is 5.88. The van der Waals surface area contributed by atoms with E-state index in [1.807, 2.05) is 16.0 Å². The fourth-order valence-electron chi connectivity index (χ4n) is 11.2. The molecule has 9 rings (SSSR count). The minimum Gasteiger partial charge on any atom is -0.346 e. The lowest BCUT2D eigenvalue weighted by molar-refractivity contribution is 0.146. The fourth-order valence-corrected chi connectivity index (χ4v) is 12.7. The number of fused-ring (bicyclic) bond motifs is 11. The Morgan fingerprint density at radius 2 is 1.90 bits per heavy atom. The maximum Gasteiger partial charge on any atom is 0.111 e. The van der Waals surface area contributed by atoms with E-state index in [9.17, 15) is 0 Å². The Bertz CT molecular complexity index is 1470. The van der Waals surface area contributed by atoms with E-state index in [-0.39, 0.29) is 0 Å². The van der Waals surface area contributed by atoms with Gasteiger partial charge in [-0.3, -0.25) is 4.90 Å². The van der Waals surface area contributed by atoms with Crippen LogP contribution in [0.15, 0.2) is 18.2 Å². The first-order valence-corrected chi connectivity index (χ1v) is 18.6. The number of benzene rings is 1. The Balaban J connectivity index is 1.20. The van der Waals surface area contributed by atoms with Gasteiger partial charge >= 0.3 is 0 Å². The lowest BCUT2D eigenvalue weighted by atomic mass is 9.68. The molecule has 3 aliphatic heterocycles. The molecule has 224 valence electrons. The second-order valence-corrected chi connectivity index (χ2v) is 18.2. The summed E-state index contributed by atoms with van der Waals surface area (Å²) in [6.45, 7) is 16.2. The molecule has 4 heterocycles. The summed E-state index contributed by atoms with van der Waals surface area (Å²) in [4.78, 5) is 9.70. The van der Waals surface area contributed by atoms with Gasteiger partial charge in [-0.2, -0.15) is 0 Å². The number of rotatable bonds is 3. The zero-order valence-electron chi connectivity index (χ0n) is 27.0. The molecule has 3 fully saturated rings. The predicted molar refractivity (Wildman–Crippen MR) is 178 cm³/mol. The van der Waals surface area contributed by atoms with E-state index in [1.165, 1.54) is 70.8 Å². The molecule has 0 N–H and O–H groups in total. The SMILES string of the molecule is CC(C)c1cc(C2=CCCCC2)cc2c1N1C3C(CCCC3N3Cc4sc5c(c4C31)CC(CC(C)(C)C)C1CC51)C2C. The molecular weight excluding hydrogens is 529 g/mol. The van der Waals surface area contributed by atoms with Crippen LogP contribution in [0.4, 0.5) is 5.69 Å². The standard InChI is InChI=1S/C39H52N2S/c1-21(2)27-15-24(23-11-8-7-9-12-23)16-28-22(3)26-13-10-14-32-36(26)41(35(27)28)38-34-31-17-25(19-39(4,5)6)29-18-30(29)37(31)42-33(34)20-40(32)38/h11,15-16,21-22,25-26,29-30,32,36,38H,7-10,12-14,17-20H2,1-6H3. The van der Waals surface area contributed by atoms with Gasteiger partial charge in [-0.15, -0.1) is 11.3 Å². The summed E-state index contributed by atoms with van der Waals surface area (Å²) in [5.41, 5.74) is 12.2. The van der Waals surface area contributed by atoms with Gasteiger partial charge in [0.2, 0.25) is 0 Å². The van der Waals surface area contributed by atoms with Crippen LogP contribution in [0.2, 0.25) is 0 Å². The summed E-state index contributed by atoms with van der Waals surface area (Å²) in [7, 11) is 0. The summed E-state index contributed by atoms with van der Waals surface area (Å²) in [6.07, 6.45) is 16.7. The van der Waals surface area contributed by atoms with Crippen LogP contribution in [0.1, 0.15) is 161 Å². The highest BCUT2D eigenvalue weighted by atomic mass is 32.1. The van der Waals surface area contributed by atoms with E-state index in [2.05, 4.69) is 80.9 Å². The largest absolute Gasteiger partial charge is 0.346 e. The Morgan fingerprint density at radius 3 is 2.67 bits per heavy atom. The molecule has 7 aliphatic rings. The van der Waals surface area contributed by atoms with Crippen molar-refractivity contribution in [2.24, 2.45) is 23.2 Å². The molecule has 0 bridgehead atoms. The summed E-state index contributed by atoms with van der Waals surface area (Å²) < 4.78 is 0. The third kappa shape index (κ3) is 3.77. The Morgan fingerprint density at radius 1 is 1.05 bits per heavy atom. The monoisotopic (exact) mass is 580 g/mol. The maximum absolute atomic E-state index is 3.09. The third-order valence-electron chi connectivity index (χ3n) is 12.9. The van der Waals surface area contributed by atoms with Crippen LogP contribution >= 0.6 is 11.3 Å². The first-order chi connectivity index (χ1) is 20.2. The predicted octanol–water partition coefficient (Wildman–Crippen LogP) is 10.5. The van der Waals surface area contributed by atoms with Gasteiger partial charge in [-0.1, -0.05) is 54.0 Å². The van der Waals surface area contributed by atoms with Crippen LogP contribution in [0.3, 0.4) is 0 Å². The Labute approximate surface area is 259 Å². The first kappa shape index (κ1) is 26.8. The smallest absolute Gasteiger partial charge is 0.111 e. The second-order valence-electron chi connectivity index (χ2n) is 17.0. The topological polar surface area (TPSA) is 6.48 Å². The lowest BCUT2D eigenvalue weighted by Gasteiger charge is -2.49. The molecule has 1 aromatic carbocycles. The van der Waals surface area contributed by atoms with Crippen LogP contribution in [0.5, 0.6) is 0 Å². The number of hydrogen-bond donors (Lipinski definition) is 0. The van der Waals surface area contributed by atoms with Crippen LogP contribution < -0.4 is 4.90 Å². The van der Waals surface area contributed by atoms with Crippen LogP contribution in [0.25, 0.3) is 5.57 Å². The van der Waals surface area contributed by atoms with Crippen molar-refractivity contribution in [3.05, 3.63) is 55.8 Å². The highest BCUT2D eigenvalue weighted by Gasteiger charge is 2.61. The average molecular weight is 581 g/mol. The molecule has 2 saturated carbocycles. The van der Waals surface area contributed by atoms with Crippen molar-refractivity contribution >= 4 is 22.6 Å². The zero-order chi connectivity index (χ0) is 28.7. The van der Waals surface area contributed by atoms with Crippen molar-refractivity contribution < 1.29 is 0 Å². The number of nitrogens with zero attached hydrogens (tertiary/aromatic N) is 2. The van der Waals surface area contributed by atoms with Gasteiger partial charge in [0, 0.05) is 39.6 Å². The van der Waals surface area contributed by atoms with Gasteiger partial charge < -0.3 is 4.90 Å². The van der Waals surface area contributed by atoms with E-state index < -0.39 is 0 Å². The van der Waals surface area contributed by atoms with Gasteiger partial charge in [-0.25, -0.2) is 0 Å². The van der Waals surface area contributed by atoms with Crippen molar-refractivity contribution in [2.75, 3.05) is 4.90 Å². The lowest BCUT2D eigenvalue weighted by Crippen LogP contribution is -2.51. The van der Waals surface area contributed by atoms with Gasteiger partial charge in [-0.05, 0) is 139 Å². The van der Waals surface area contributed by atoms with Crippen molar-refractivity contribution in [1.29, 1.82) is 0 Å². The van der Waals surface area contributed by atoms with Crippen molar-refractivity contribution in [3.8, 4) is 0 Å². The number of anilines is 1. The molecule has 0 amide bonds. The quantitative estimate of drug-likeness (QED) is 0.356. The van der Waals surface area contributed by atoms with E-state index in [1.54, 1.807) is 32.8 Å². The molecule has 1 saturated heterocycles. The molecule has 1 aromatic heterocycles. The summed E-state index contributed by atoms with van der Waals surface area (Å²) >= 11 is 2.26. The fraction of sp³-hybridized carbons (Fsp3) is 0.692. The molecule has 8 unspecified atom stereocenters. The highest BCUT2D eigenvalue weighted by molar-refractivity contribution is 7.12. The van der Waals surface area contributed by atoms with Crippen LogP contribution in [-0.2, 0) is 13.0 Å². The number of allylic oxidation sites excluding steroid dienone is 2. The minimum absolute atomic E-state index is 0.426. The van der Waals surface area contributed by atoms with Gasteiger partial charge in [0.15, 0.2) is 0 Å². The normalized spacial score (nSPS) is 36.2. The molecule has 2 nitrogen and oxygen atoms in total. The summed E-state index contributed by atoms with van der Waals surface area (Å²) in [5.74, 6) is 4.73. The van der Waals surface area contributed by atoms with Crippen LogP contribution in [0, 0.1) is 23.2 Å². The molecule has 0 spiro atoms. The summed E-state index contributed by atoms with van der Waals surface area (Å²) in [6, 6.07) is 6.76. The molecule has 0 radical (unpaired) electrons. The Hall–Kier alpha value is -1.58. The van der Waals surface area contributed by atoms with Crippen molar-refractivity contribution in [3.63, 3.8) is 0 Å². The van der Waals surface area contributed by atoms with E-state index >= 15 is 0 Å². The zero-order valence-corrected chi connectivity index (χ0v) is 27.8. The molecule has 3 heteroatoms. The average Bonchev–Trinajstić information content (AvgIpc) is 3.46. The van der Waals surface area contributed by atoms with E-state index in [0.29, 0.717) is 29.5 Å². The molecular formula is C39H52N2S. The van der Waals surface area contributed by atoms with Gasteiger partial charge in [0.1, 0.15) is 6.17 Å². The first-order valence-electron chi connectivity index (χ1n) is 17.7. The third-order valence-corrected chi connectivity index (χ3v) is 14.3. The molecule has 4 aliphatic carbocycles. The number of thiophene rings is 1. The van der Waals surface area contributed by atoms with Crippen molar-refractivity contribution in [1.82, 2.24) is 4.90 Å². The minimum atomic E-state index is 0.426. The molecule has 8 atom stereocenters. The van der Waals surface area contributed by atoms with Crippen molar-refractivity contribution in [2.45, 2.75) is 148 Å². The van der Waals surface area contributed by atoms with E-state index in [4.69, 9.17) is 0 Å².